The second-order valence-electron chi connectivity index (χ2n) is 10.7. The fraction of sp³-hybridized carbons (Fsp3) is 0.125. The van der Waals surface area contributed by atoms with Crippen LogP contribution in [-0.4, -0.2) is 34.0 Å². The van der Waals surface area contributed by atoms with E-state index >= 15 is 0 Å². The molecule has 1 saturated heterocycles. The third-order valence-corrected chi connectivity index (χ3v) is 9.13. The maximum absolute atomic E-state index is 14.4. The smallest absolute Gasteiger partial charge is 0.275 e. The zero-order valence-electron chi connectivity index (χ0n) is 22.2. The van der Waals surface area contributed by atoms with E-state index < -0.39 is 45.8 Å². The number of nitrogens with zero attached hydrogens (tertiary/aromatic N) is 3. The van der Waals surface area contributed by atoms with Gasteiger partial charge in [-0.3, -0.25) is 24.5 Å². The number of nitro benzene ring substituents is 1. The van der Waals surface area contributed by atoms with Crippen LogP contribution in [0.1, 0.15) is 38.5 Å². The van der Waals surface area contributed by atoms with E-state index in [2.05, 4.69) is 26.5 Å². The van der Waals surface area contributed by atoms with Crippen LogP contribution in [0.2, 0.25) is 0 Å². The van der Waals surface area contributed by atoms with E-state index in [0.717, 1.165) is 27.2 Å². The van der Waals surface area contributed by atoms with Gasteiger partial charge in [-0.25, -0.2) is 10.3 Å². The predicted molar refractivity (Wildman–Crippen MR) is 160 cm³/mol. The number of phenols is 1. The Morgan fingerprint density at radius 2 is 1.58 bits per heavy atom. The van der Waals surface area contributed by atoms with E-state index in [-0.39, 0.29) is 22.7 Å². The number of carbonyl (C=O) groups is 3. The summed E-state index contributed by atoms with van der Waals surface area (Å²) < 4.78 is 0.593. The van der Waals surface area contributed by atoms with Crippen LogP contribution >= 0.6 is 15.9 Å². The third kappa shape index (κ3) is 3.77. The van der Waals surface area contributed by atoms with Gasteiger partial charge >= 0.3 is 0 Å². The highest BCUT2D eigenvalue weighted by Gasteiger charge is 2.68. The zero-order valence-corrected chi connectivity index (χ0v) is 23.8. The molecule has 1 heterocycles. The lowest BCUT2D eigenvalue weighted by atomic mass is 9.47. The Morgan fingerprint density at radius 1 is 0.953 bits per heavy atom. The second kappa shape index (κ2) is 9.70. The Hall–Kier alpha value is -5.16. The highest BCUT2D eigenvalue weighted by molar-refractivity contribution is 9.10. The summed E-state index contributed by atoms with van der Waals surface area (Å²) in [7, 11) is 0. The summed E-state index contributed by atoms with van der Waals surface area (Å²) in [6, 6.07) is 25.0. The van der Waals surface area contributed by atoms with Crippen molar-refractivity contribution in [3.05, 3.63) is 133 Å². The molecule has 3 amide bonds. The number of amides is 3. The van der Waals surface area contributed by atoms with Crippen LogP contribution in [0.4, 0.5) is 11.4 Å². The van der Waals surface area contributed by atoms with E-state index in [9.17, 15) is 29.6 Å². The Balaban J connectivity index is 1.38. The van der Waals surface area contributed by atoms with Gasteiger partial charge in [0.05, 0.1) is 33.4 Å². The molecule has 8 rings (SSSR count). The minimum atomic E-state index is -1.22. The molecule has 4 aromatic carbocycles. The van der Waals surface area contributed by atoms with E-state index in [1.165, 1.54) is 42.6 Å². The lowest BCUT2D eigenvalue weighted by Crippen LogP contribution is -2.54. The number of nitro groups is 1. The number of rotatable bonds is 5. The van der Waals surface area contributed by atoms with Gasteiger partial charge in [-0.05, 0) is 52.6 Å². The monoisotopic (exact) mass is 636 g/mol. The maximum atomic E-state index is 14.4. The Kier molecular flexibility index (Phi) is 6.03. The number of hydrogen-bond acceptors (Lipinski definition) is 7. The van der Waals surface area contributed by atoms with Gasteiger partial charge in [-0.2, -0.15) is 5.10 Å². The lowest BCUT2D eigenvalue weighted by Gasteiger charge is -2.52. The van der Waals surface area contributed by atoms with Crippen molar-refractivity contribution in [2.24, 2.45) is 16.9 Å². The minimum absolute atomic E-state index is 0.00604. The molecule has 10 nitrogen and oxygen atoms in total. The van der Waals surface area contributed by atoms with Gasteiger partial charge in [0.25, 0.3) is 11.6 Å². The van der Waals surface area contributed by atoms with Crippen molar-refractivity contribution < 1.29 is 24.4 Å². The van der Waals surface area contributed by atoms with Crippen LogP contribution in [-0.2, 0) is 15.0 Å². The Morgan fingerprint density at radius 3 is 2.21 bits per heavy atom. The van der Waals surface area contributed by atoms with Gasteiger partial charge in [-0.15, -0.1) is 0 Å². The molecule has 0 spiro atoms. The van der Waals surface area contributed by atoms with Crippen molar-refractivity contribution in [2.45, 2.75) is 11.3 Å². The number of halogens is 1. The van der Waals surface area contributed by atoms with E-state index in [4.69, 9.17) is 0 Å². The molecule has 2 N–H and O–H groups in total. The molecule has 0 saturated carbocycles. The van der Waals surface area contributed by atoms with Crippen molar-refractivity contribution in [3.63, 3.8) is 0 Å². The molecular weight excluding hydrogens is 616 g/mol. The molecule has 212 valence electrons. The van der Waals surface area contributed by atoms with Crippen molar-refractivity contribution in [1.82, 2.24) is 5.43 Å². The van der Waals surface area contributed by atoms with Crippen molar-refractivity contribution in [2.75, 3.05) is 4.90 Å². The number of nitrogens with one attached hydrogen (secondary N) is 1. The number of benzene rings is 4. The molecule has 1 fully saturated rings. The van der Waals surface area contributed by atoms with Gasteiger partial charge in [-0.1, -0.05) is 64.5 Å². The number of carbonyl (C=O) groups excluding carboxylic acids is 3. The molecule has 4 aliphatic rings. The normalized spacial score (nSPS) is 23.2. The molecule has 2 atom stereocenters. The quantitative estimate of drug-likeness (QED) is 0.136. The molecule has 1 aliphatic heterocycles. The number of hydrogen-bond donors (Lipinski definition) is 2. The molecule has 11 heteroatoms. The highest BCUT2D eigenvalue weighted by Crippen LogP contribution is 2.63. The first kappa shape index (κ1) is 26.7. The van der Waals surface area contributed by atoms with E-state index in [1.54, 1.807) is 6.07 Å². The average Bonchev–Trinajstić information content (AvgIpc) is 3.29. The number of hydrazone groups is 1. The summed E-state index contributed by atoms with van der Waals surface area (Å²) in [6.07, 6.45) is 1.52. The van der Waals surface area contributed by atoms with E-state index in [0.29, 0.717) is 4.47 Å². The van der Waals surface area contributed by atoms with Gasteiger partial charge < -0.3 is 5.11 Å². The zero-order chi connectivity index (χ0) is 30.0. The largest absolute Gasteiger partial charge is 0.507 e. The minimum Gasteiger partial charge on any atom is -0.507 e. The van der Waals surface area contributed by atoms with Crippen molar-refractivity contribution >= 4 is 51.2 Å². The SMILES string of the molecule is O=C(N/N=C\C12c3ccccc3C(c3ccccc31)[C@@H]1C(=O)N(c3ccc([N+](=O)[O-])cc3)C(=O)[C@@H]12)c1cc(Br)ccc1O. The molecule has 4 aromatic rings. The topological polar surface area (TPSA) is 142 Å². The summed E-state index contributed by atoms with van der Waals surface area (Å²) in [4.78, 5) is 53.4. The predicted octanol–water partition coefficient (Wildman–Crippen LogP) is 5.03. The van der Waals surface area contributed by atoms with Gasteiger partial charge in [0.15, 0.2) is 0 Å². The number of imide groups is 1. The first-order valence-electron chi connectivity index (χ1n) is 13.4. The number of non-ortho nitro benzene ring substituents is 1. The Labute approximate surface area is 252 Å². The van der Waals surface area contributed by atoms with Crippen LogP contribution < -0.4 is 10.3 Å². The van der Waals surface area contributed by atoms with Crippen LogP contribution in [0.15, 0.2) is 101 Å². The van der Waals surface area contributed by atoms with Crippen molar-refractivity contribution in [3.8, 4) is 5.75 Å². The third-order valence-electron chi connectivity index (χ3n) is 8.64. The molecular formula is C32H21BrN4O6. The average molecular weight is 637 g/mol. The molecule has 43 heavy (non-hydrogen) atoms. The summed E-state index contributed by atoms with van der Waals surface area (Å²) in [5.41, 5.74) is 4.74. The number of aromatic hydroxyl groups is 1. The van der Waals surface area contributed by atoms with Gasteiger partial charge in [0, 0.05) is 28.7 Å². The molecule has 0 radical (unpaired) electrons. The fourth-order valence-electron chi connectivity index (χ4n) is 6.97. The first-order chi connectivity index (χ1) is 20.7. The summed E-state index contributed by atoms with van der Waals surface area (Å²) in [6.45, 7) is 0. The summed E-state index contributed by atoms with van der Waals surface area (Å²) >= 11 is 3.30. The molecule has 3 aliphatic carbocycles. The van der Waals surface area contributed by atoms with Crippen LogP contribution in [0.25, 0.3) is 0 Å². The van der Waals surface area contributed by atoms with Crippen LogP contribution in [0, 0.1) is 22.0 Å². The summed E-state index contributed by atoms with van der Waals surface area (Å²) in [5.74, 6) is -3.82. The van der Waals surface area contributed by atoms with Crippen LogP contribution in [0.5, 0.6) is 5.75 Å². The number of phenolic OH excluding ortho intramolecular Hbond substituents is 1. The standard InChI is InChI=1S/C32H21BrN4O6/c33-17-9-14-25(38)22(15-17)29(39)35-34-16-32-23-7-3-1-5-20(23)26(21-6-2-4-8-24(21)32)27-28(32)31(41)36(30(27)40)18-10-12-19(13-11-18)37(42)43/h1-16,26-28,38H,(H,35,39)/b34-16-/t26?,27-,28+,32?/m0/s1. The fourth-order valence-corrected chi connectivity index (χ4v) is 7.33. The van der Waals surface area contributed by atoms with Gasteiger partial charge in [0.1, 0.15) is 5.75 Å². The Bertz CT molecular complexity index is 1860. The number of anilines is 1. The maximum Gasteiger partial charge on any atom is 0.275 e. The first-order valence-corrected chi connectivity index (χ1v) is 14.2. The second-order valence-corrected chi connectivity index (χ2v) is 11.6. The summed E-state index contributed by atoms with van der Waals surface area (Å²) in [5, 5.41) is 25.8. The highest BCUT2D eigenvalue weighted by atomic mass is 79.9. The molecule has 2 bridgehead atoms. The lowest BCUT2D eigenvalue weighted by molar-refractivity contribution is -0.384. The molecule has 0 unspecified atom stereocenters. The van der Waals surface area contributed by atoms with Crippen molar-refractivity contribution in [1.29, 1.82) is 0 Å². The van der Waals surface area contributed by atoms with Gasteiger partial charge in [0.2, 0.25) is 11.8 Å². The van der Waals surface area contributed by atoms with Crippen LogP contribution in [0.3, 0.4) is 0 Å². The molecule has 0 aromatic heterocycles. The van der Waals surface area contributed by atoms with E-state index in [1.807, 2.05) is 48.5 Å².